The van der Waals surface area contributed by atoms with Crippen LogP contribution in [0.25, 0.3) is 0 Å². The van der Waals surface area contributed by atoms with Crippen molar-refractivity contribution in [1.82, 2.24) is 14.9 Å². The summed E-state index contributed by atoms with van der Waals surface area (Å²) in [5.41, 5.74) is 2.41. The normalized spacial score (nSPS) is 20.9. The van der Waals surface area contributed by atoms with Gasteiger partial charge in [0.2, 0.25) is 15.9 Å². The minimum atomic E-state index is -3.74. The van der Waals surface area contributed by atoms with Gasteiger partial charge in [-0.1, -0.05) is 38.0 Å². The number of halogens is 2. The van der Waals surface area contributed by atoms with Gasteiger partial charge in [0.05, 0.1) is 25.0 Å². The van der Waals surface area contributed by atoms with Gasteiger partial charge in [0.25, 0.3) is 0 Å². The largest absolute Gasteiger partial charge is 0.497 e. The van der Waals surface area contributed by atoms with Crippen LogP contribution in [0.15, 0.2) is 48.6 Å². The third kappa shape index (κ3) is 10.7. The summed E-state index contributed by atoms with van der Waals surface area (Å²) in [6, 6.07) is 6.93. The van der Waals surface area contributed by atoms with Crippen LogP contribution in [0.2, 0.25) is 0 Å². The molecule has 1 aliphatic rings. The zero-order valence-electron chi connectivity index (χ0n) is 25.3. The van der Waals surface area contributed by atoms with Crippen molar-refractivity contribution in [2.45, 2.75) is 83.0 Å². The Bertz CT molecular complexity index is 1320. The fourth-order valence-corrected chi connectivity index (χ4v) is 6.65. The lowest BCUT2D eigenvalue weighted by Gasteiger charge is -2.30. The number of likely N-dealkylation sites (N-methyl/N-ethyl adjacent to an activating group) is 1. The molecule has 1 amide bonds. The first-order valence-corrected chi connectivity index (χ1v) is 16.6. The quantitative estimate of drug-likeness (QED) is 0.286. The van der Waals surface area contributed by atoms with Crippen LogP contribution >= 0.6 is 0 Å². The standard InChI is InChI=1S/C32H45F2N3O5S/c1-4-5-10-15-43(40,41)37(2)30-12-9-7-6-8-11-24-13-14-28(42-3)19-25(24)21-35-22-31(38)29(36-32(30)39)18-23-16-26(33)20-27(34)17-23/h7,9,13-14,16-17,19-20,29-31,35,38H,4-6,8,10-12,15,18,21-22H2,1-3H3,(H,36,39)/t29-,30-,31+/m0/s1. The van der Waals surface area contributed by atoms with Gasteiger partial charge in [-0.15, -0.1) is 0 Å². The Morgan fingerprint density at radius 1 is 1.07 bits per heavy atom. The number of amides is 1. The summed E-state index contributed by atoms with van der Waals surface area (Å²) < 4.78 is 60.8. The van der Waals surface area contributed by atoms with Crippen molar-refractivity contribution in [3.8, 4) is 5.75 Å². The fourth-order valence-electron chi connectivity index (χ4n) is 5.23. The lowest BCUT2D eigenvalue weighted by Crippen LogP contribution is -2.55. The number of sulfonamides is 1. The summed E-state index contributed by atoms with van der Waals surface area (Å²) in [4.78, 5) is 13.7. The maximum Gasteiger partial charge on any atom is 0.239 e. The summed E-state index contributed by atoms with van der Waals surface area (Å²) in [6.07, 6.45) is 7.19. The van der Waals surface area contributed by atoms with E-state index in [0.717, 1.165) is 65.7 Å². The van der Waals surface area contributed by atoms with Crippen molar-refractivity contribution in [2.24, 2.45) is 0 Å². The Balaban J connectivity index is 1.93. The molecule has 3 rings (SSSR count). The smallest absolute Gasteiger partial charge is 0.239 e. The van der Waals surface area contributed by atoms with E-state index in [2.05, 4.69) is 10.6 Å². The summed E-state index contributed by atoms with van der Waals surface area (Å²) in [7, 11) is -0.739. The number of ether oxygens (including phenoxy) is 1. The molecule has 2 aromatic rings. The number of carbonyl (C=O) groups excluding carboxylic acids is 1. The molecule has 0 saturated carbocycles. The maximum atomic E-state index is 14.0. The SMILES string of the molecule is CCCCCS(=O)(=O)N(C)[C@H]1CC=CCCCc2ccc(OC)cc2CNC[C@@H](O)[C@H](Cc2cc(F)cc(F)c2)NC1=O. The molecule has 43 heavy (non-hydrogen) atoms. The van der Waals surface area contributed by atoms with Crippen molar-refractivity contribution in [3.63, 3.8) is 0 Å². The topological polar surface area (TPSA) is 108 Å². The van der Waals surface area contributed by atoms with Crippen LogP contribution in [0.1, 0.15) is 62.1 Å². The third-order valence-electron chi connectivity index (χ3n) is 7.78. The number of allylic oxidation sites excluding steroid dienone is 1. The number of aliphatic hydroxyl groups is 1. The maximum absolute atomic E-state index is 14.0. The van der Waals surface area contributed by atoms with Crippen LogP contribution in [0.4, 0.5) is 8.78 Å². The second kappa shape index (κ2) is 16.8. The summed E-state index contributed by atoms with van der Waals surface area (Å²) >= 11 is 0. The predicted molar refractivity (Wildman–Crippen MR) is 164 cm³/mol. The van der Waals surface area contributed by atoms with Gasteiger partial charge in [-0.05, 0) is 79.5 Å². The van der Waals surface area contributed by atoms with Gasteiger partial charge in [0.1, 0.15) is 23.4 Å². The Hall–Kier alpha value is -2.86. The molecule has 1 heterocycles. The zero-order chi connectivity index (χ0) is 31.4. The van der Waals surface area contributed by atoms with Gasteiger partial charge in [-0.2, -0.15) is 4.31 Å². The van der Waals surface area contributed by atoms with Crippen LogP contribution in [-0.4, -0.2) is 68.4 Å². The number of β-amino-alcohol motifs (C(OH)–C–C–N with tert-alkyl or cyclic N) is 1. The fraction of sp³-hybridized carbons (Fsp3) is 0.531. The van der Waals surface area contributed by atoms with E-state index in [9.17, 15) is 27.1 Å². The number of nitrogens with one attached hydrogen (secondary N) is 2. The second-order valence-electron chi connectivity index (χ2n) is 11.1. The minimum Gasteiger partial charge on any atom is -0.497 e. The number of methoxy groups -OCH3 is 1. The number of fused-ring (bicyclic) bond motifs is 1. The zero-order valence-corrected chi connectivity index (χ0v) is 26.1. The van der Waals surface area contributed by atoms with Gasteiger partial charge in [0.15, 0.2) is 0 Å². The van der Waals surface area contributed by atoms with Crippen molar-refractivity contribution in [1.29, 1.82) is 0 Å². The highest BCUT2D eigenvalue weighted by atomic mass is 32.2. The number of hydrogen-bond donors (Lipinski definition) is 3. The summed E-state index contributed by atoms with van der Waals surface area (Å²) in [5.74, 6) is -1.49. The third-order valence-corrected chi connectivity index (χ3v) is 9.72. The van der Waals surface area contributed by atoms with Gasteiger partial charge in [-0.3, -0.25) is 4.79 Å². The van der Waals surface area contributed by atoms with Crippen LogP contribution in [0.3, 0.4) is 0 Å². The first-order valence-electron chi connectivity index (χ1n) is 14.9. The van der Waals surface area contributed by atoms with E-state index < -0.39 is 45.8 Å². The number of aryl methyl sites for hydroxylation is 1. The van der Waals surface area contributed by atoms with Crippen molar-refractivity contribution in [2.75, 3.05) is 26.5 Å². The van der Waals surface area contributed by atoms with Crippen molar-refractivity contribution in [3.05, 3.63) is 76.9 Å². The number of nitrogens with zero attached hydrogens (tertiary/aromatic N) is 1. The number of carbonyl (C=O) groups is 1. The molecule has 3 atom stereocenters. The Morgan fingerprint density at radius 3 is 2.51 bits per heavy atom. The van der Waals surface area contributed by atoms with E-state index in [-0.39, 0.29) is 30.7 Å². The van der Waals surface area contributed by atoms with E-state index >= 15 is 0 Å². The summed E-state index contributed by atoms with van der Waals surface area (Å²) in [6.45, 7) is 2.47. The first-order chi connectivity index (χ1) is 20.5. The molecule has 0 saturated heterocycles. The number of aliphatic hydroxyl groups excluding tert-OH is 1. The highest BCUT2D eigenvalue weighted by Crippen LogP contribution is 2.21. The van der Waals surface area contributed by atoms with E-state index in [1.807, 2.05) is 37.3 Å². The Kier molecular flexibility index (Phi) is 13.6. The molecular formula is C32H45F2N3O5S. The Morgan fingerprint density at radius 2 is 1.81 bits per heavy atom. The molecule has 238 valence electrons. The van der Waals surface area contributed by atoms with Crippen molar-refractivity contribution < 1.29 is 31.8 Å². The van der Waals surface area contributed by atoms with E-state index in [4.69, 9.17) is 4.74 Å². The van der Waals surface area contributed by atoms with Crippen LogP contribution < -0.4 is 15.4 Å². The minimum absolute atomic E-state index is 0.0646. The molecule has 0 unspecified atom stereocenters. The molecule has 0 aromatic heterocycles. The molecule has 0 spiro atoms. The van der Waals surface area contributed by atoms with E-state index in [0.29, 0.717) is 18.7 Å². The molecule has 0 bridgehead atoms. The lowest BCUT2D eigenvalue weighted by molar-refractivity contribution is -0.126. The van der Waals surface area contributed by atoms with Gasteiger partial charge in [-0.25, -0.2) is 17.2 Å². The van der Waals surface area contributed by atoms with Crippen LogP contribution in [0, 0.1) is 11.6 Å². The number of unbranched alkanes of at least 4 members (excludes halogenated alkanes) is 2. The van der Waals surface area contributed by atoms with E-state index in [1.165, 1.54) is 7.05 Å². The highest BCUT2D eigenvalue weighted by molar-refractivity contribution is 7.89. The average molecular weight is 622 g/mol. The summed E-state index contributed by atoms with van der Waals surface area (Å²) in [5, 5.41) is 17.3. The first kappa shape index (κ1) is 34.6. The van der Waals surface area contributed by atoms with Gasteiger partial charge < -0.3 is 20.5 Å². The Labute approximate surface area is 254 Å². The number of rotatable bonds is 9. The lowest BCUT2D eigenvalue weighted by atomic mass is 9.98. The molecule has 8 nitrogen and oxygen atoms in total. The number of benzene rings is 2. The molecule has 0 radical (unpaired) electrons. The van der Waals surface area contributed by atoms with Crippen molar-refractivity contribution >= 4 is 15.9 Å². The molecule has 2 aromatic carbocycles. The molecule has 3 N–H and O–H groups in total. The molecule has 1 aliphatic heterocycles. The van der Waals surface area contributed by atoms with E-state index in [1.54, 1.807) is 7.11 Å². The predicted octanol–water partition coefficient (Wildman–Crippen LogP) is 4.25. The van der Waals surface area contributed by atoms with Crippen LogP contribution in [-0.2, 0) is 34.2 Å². The molecule has 0 aliphatic carbocycles. The molecule has 0 fully saturated rings. The average Bonchev–Trinajstić information content (AvgIpc) is 2.95. The second-order valence-corrected chi connectivity index (χ2v) is 13.2. The monoisotopic (exact) mass is 621 g/mol. The van der Waals surface area contributed by atoms with Gasteiger partial charge >= 0.3 is 0 Å². The number of hydrogen-bond acceptors (Lipinski definition) is 6. The molecular weight excluding hydrogens is 576 g/mol. The van der Waals surface area contributed by atoms with Gasteiger partial charge in [0, 0.05) is 26.2 Å². The molecule has 11 heteroatoms. The van der Waals surface area contributed by atoms with Crippen LogP contribution in [0.5, 0.6) is 5.75 Å². The highest BCUT2D eigenvalue weighted by Gasteiger charge is 2.33.